The largest absolute Gasteiger partial charge is 0.490 e. The van der Waals surface area contributed by atoms with Gasteiger partial charge < -0.3 is 18.9 Å². The molecule has 4 rings (SSSR count). The van der Waals surface area contributed by atoms with Crippen molar-refractivity contribution in [2.24, 2.45) is 10.2 Å². The lowest BCUT2D eigenvalue weighted by molar-refractivity contribution is 0.288. The van der Waals surface area contributed by atoms with Crippen molar-refractivity contribution >= 4 is 34.8 Å². The molecule has 0 saturated carbocycles. The second kappa shape index (κ2) is 14.3. The van der Waals surface area contributed by atoms with Gasteiger partial charge in [-0.2, -0.15) is 10.2 Å². The van der Waals surface area contributed by atoms with Crippen molar-refractivity contribution in [1.29, 1.82) is 0 Å². The van der Waals surface area contributed by atoms with Gasteiger partial charge in [0.15, 0.2) is 34.6 Å². The quantitative estimate of drug-likeness (QED) is 0.145. The second-order valence-electron chi connectivity index (χ2n) is 8.33. The van der Waals surface area contributed by atoms with Crippen LogP contribution in [-0.4, -0.2) is 49.1 Å². The van der Waals surface area contributed by atoms with E-state index >= 15 is 0 Å². The molecule has 10 heteroatoms. The summed E-state index contributed by atoms with van der Waals surface area (Å²) in [7, 11) is 0. The Bertz CT molecular complexity index is 1360. The van der Waals surface area contributed by atoms with Crippen molar-refractivity contribution in [3.63, 3.8) is 0 Å². The number of nitrogens with zero attached hydrogens (tertiary/aromatic N) is 4. The van der Waals surface area contributed by atoms with Crippen LogP contribution in [0.4, 0.5) is 11.6 Å². The maximum Gasteiger partial charge on any atom is 0.176 e. The van der Waals surface area contributed by atoms with E-state index in [1.165, 1.54) is 0 Å². The van der Waals surface area contributed by atoms with Crippen molar-refractivity contribution in [3.05, 3.63) is 71.8 Å². The van der Waals surface area contributed by atoms with Crippen LogP contribution in [0, 0.1) is 0 Å². The van der Waals surface area contributed by atoms with Crippen LogP contribution in [0.5, 0.6) is 23.0 Å². The fourth-order valence-corrected chi connectivity index (χ4v) is 3.90. The van der Waals surface area contributed by atoms with E-state index in [0.29, 0.717) is 61.1 Å². The summed E-state index contributed by atoms with van der Waals surface area (Å²) in [5.74, 6) is 3.79. The van der Waals surface area contributed by atoms with Crippen molar-refractivity contribution in [1.82, 2.24) is 10.2 Å². The van der Waals surface area contributed by atoms with Crippen molar-refractivity contribution in [3.8, 4) is 23.0 Å². The van der Waals surface area contributed by atoms with E-state index in [0.717, 1.165) is 21.9 Å². The molecule has 1 heterocycles. The highest BCUT2D eigenvalue weighted by molar-refractivity contribution is 5.98. The Hall–Kier alpha value is -4.86. The molecule has 0 radical (unpaired) electrons. The Morgan fingerprint density at radius 1 is 0.575 bits per heavy atom. The SMILES string of the molecule is CCOc1ccc(/C=N\Nc2nnc(N/N=C/c3ccc(OCC)c(OCC)c3)c3ccccc23)cc1OCC. The smallest absolute Gasteiger partial charge is 0.176 e. The number of benzene rings is 3. The second-order valence-corrected chi connectivity index (χ2v) is 8.33. The van der Waals surface area contributed by atoms with Gasteiger partial charge in [0.05, 0.1) is 38.9 Å². The number of aromatic nitrogens is 2. The Morgan fingerprint density at radius 2 is 0.975 bits per heavy atom. The summed E-state index contributed by atoms with van der Waals surface area (Å²) >= 11 is 0. The molecule has 4 aromatic rings. The van der Waals surface area contributed by atoms with Gasteiger partial charge in [0.1, 0.15) is 0 Å². The topological polar surface area (TPSA) is 111 Å². The van der Waals surface area contributed by atoms with Crippen LogP contribution < -0.4 is 29.8 Å². The number of nitrogens with one attached hydrogen (secondary N) is 2. The van der Waals surface area contributed by atoms with Gasteiger partial charge in [0, 0.05) is 10.8 Å². The molecule has 10 nitrogen and oxygen atoms in total. The van der Waals surface area contributed by atoms with E-state index in [4.69, 9.17) is 18.9 Å². The lowest BCUT2D eigenvalue weighted by Gasteiger charge is -2.11. The average molecular weight is 543 g/mol. The molecule has 40 heavy (non-hydrogen) atoms. The van der Waals surface area contributed by atoms with Gasteiger partial charge in [-0.1, -0.05) is 24.3 Å². The minimum Gasteiger partial charge on any atom is -0.490 e. The molecule has 0 aliphatic carbocycles. The Kier molecular flexibility index (Phi) is 10.1. The maximum absolute atomic E-state index is 5.70. The summed E-state index contributed by atoms with van der Waals surface area (Å²) in [6.07, 6.45) is 3.39. The van der Waals surface area contributed by atoms with Crippen LogP contribution in [0.3, 0.4) is 0 Å². The van der Waals surface area contributed by atoms with Crippen molar-refractivity contribution in [2.45, 2.75) is 27.7 Å². The van der Waals surface area contributed by atoms with Gasteiger partial charge in [-0.25, -0.2) is 0 Å². The predicted molar refractivity (Wildman–Crippen MR) is 160 cm³/mol. The Balaban J connectivity index is 1.49. The van der Waals surface area contributed by atoms with Gasteiger partial charge in [-0.15, -0.1) is 10.2 Å². The number of rotatable bonds is 14. The van der Waals surface area contributed by atoms with E-state index < -0.39 is 0 Å². The average Bonchev–Trinajstić information content (AvgIpc) is 2.97. The Labute approximate surface area is 234 Å². The first kappa shape index (κ1) is 28.2. The molecule has 0 aliphatic rings. The minimum absolute atomic E-state index is 0.519. The van der Waals surface area contributed by atoms with E-state index in [-0.39, 0.29) is 0 Å². The molecule has 0 spiro atoms. The number of ether oxygens (including phenoxy) is 4. The zero-order valence-corrected chi connectivity index (χ0v) is 23.2. The van der Waals surface area contributed by atoms with Crippen LogP contribution in [-0.2, 0) is 0 Å². The highest BCUT2D eigenvalue weighted by atomic mass is 16.5. The maximum atomic E-state index is 5.70. The monoisotopic (exact) mass is 542 g/mol. The van der Waals surface area contributed by atoms with E-state index in [1.54, 1.807) is 12.4 Å². The van der Waals surface area contributed by atoms with E-state index in [2.05, 4.69) is 31.3 Å². The first-order chi connectivity index (χ1) is 19.7. The summed E-state index contributed by atoms with van der Waals surface area (Å²) in [6.45, 7) is 9.95. The minimum atomic E-state index is 0.519. The van der Waals surface area contributed by atoms with Gasteiger partial charge in [0.2, 0.25) is 0 Å². The zero-order valence-electron chi connectivity index (χ0n) is 23.2. The number of hydrazone groups is 2. The lowest BCUT2D eigenvalue weighted by atomic mass is 10.2. The number of anilines is 2. The summed E-state index contributed by atoms with van der Waals surface area (Å²) in [4.78, 5) is 0. The molecule has 0 amide bonds. The molecule has 0 saturated heterocycles. The third-order valence-corrected chi connectivity index (χ3v) is 5.59. The number of hydrogen-bond donors (Lipinski definition) is 2. The molecular weight excluding hydrogens is 508 g/mol. The Morgan fingerprint density at radius 3 is 1.38 bits per heavy atom. The summed E-state index contributed by atoms with van der Waals surface area (Å²) < 4.78 is 22.7. The van der Waals surface area contributed by atoms with Gasteiger partial charge in [-0.3, -0.25) is 10.9 Å². The predicted octanol–water partition coefficient (Wildman–Crippen LogP) is 6.12. The van der Waals surface area contributed by atoms with Crippen LogP contribution in [0.2, 0.25) is 0 Å². The normalized spacial score (nSPS) is 11.2. The summed E-state index contributed by atoms with van der Waals surface area (Å²) in [6, 6.07) is 19.1. The van der Waals surface area contributed by atoms with Gasteiger partial charge >= 0.3 is 0 Å². The lowest BCUT2D eigenvalue weighted by Crippen LogP contribution is -2.02. The van der Waals surface area contributed by atoms with Crippen LogP contribution in [0.1, 0.15) is 38.8 Å². The summed E-state index contributed by atoms with van der Waals surface area (Å²) in [5, 5.41) is 19.1. The molecule has 0 atom stereocenters. The molecule has 0 fully saturated rings. The van der Waals surface area contributed by atoms with E-state index in [1.807, 2.05) is 88.4 Å². The van der Waals surface area contributed by atoms with Crippen LogP contribution in [0.15, 0.2) is 70.9 Å². The molecule has 3 aromatic carbocycles. The number of fused-ring (bicyclic) bond motifs is 1. The highest BCUT2D eigenvalue weighted by Gasteiger charge is 2.09. The first-order valence-electron chi connectivity index (χ1n) is 13.3. The highest BCUT2D eigenvalue weighted by Crippen LogP contribution is 2.30. The number of hydrogen-bond acceptors (Lipinski definition) is 10. The molecular formula is C30H34N6O4. The van der Waals surface area contributed by atoms with E-state index in [9.17, 15) is 0 Å². The molecule has 0 bridgehead atoms. The fraction of sp³-hybridized carbons (Fsp3) is 0.267. The fourth-order valence-electron chi connectivity index (χ4n) is 3.90. The zero-order chi connectivity index (χ0) is 28.2. The standard InChI is InChI=1S/C30H34N6O4/c1-5-37-25-15-13-21(17-27(25)39-7-3)19-31-33-29-23-11-9-10-12-24(23)30(36-35-29)34-32-20-22-14-16-26(38-6-2)28(18-22)40-8-4/h9-20H,5-8H2,1-4H3,(H,33,35)(H,34,36)/b31-19-,32-20+. The molecule has 208 valence electrons. The van der Waals surface area contributed by atoms with Crippen LogP contribution >= 0.6 is 0 Å². The first-order valence-corrected chi connectivity index (χ1v) is 13.3. The molecule has 0 unspecified atom stereocenters. The molecule has 1 aromatic heterocycles. The third kappa shape index (κ3) is 7.16. The van der Waals surface area contributed by atoms with Gasteiger partial charge in [0.25, 0.3) is 0 Å². The summed E-state index contributed by atoms with van der Waals surface area (Å²) in [5.41, 5.74) is 7.71. The van der Waals surface area contributed by atoms with Crippen LogP contribution in [0.25, 0.3) is 10.8 Å². The van der Waals surface area contributed by atoms with Gasteiger partial charge in [-0.05, 0) is 75.2 Å². The third-order valence-electron chi connectivity index (χ3n) is 5.59. The van der Waals surface area contributed by atoms with Crippen molar-refractivity contribution in [2.75, 3.05) is 37.3 Å². The van der Waals surface area contributed by atoms with Crippen molar-refractivity contribution < 1.29 is 18.9 Å². The molecule has 2 N–H and O–H groups in total. The molecule has 0 aliphatic heterocycles.